The lowest BCUT2D eigenvalue weighted by molar-refractivity contribution is 0.284. The van der Waals surface area contributed by atoms with Crippen molar-refractivity contribution in [1.82, 2.24) is 9.97 Å². The van der Waals surface area contributed by atoms with E-state index in [0.29, 0.717) is 6.61 Å². The Morgan fingerprint density at radius 3 is 1.89 bits per heavy atom. The van der Waals surface area contributed by atoms with Crippen LogP contribution < -0.4 is 9.47 Å². The van der Waals surface area contributed by atoms with Crippen LogP contribution in [0.15, 0.2) is 109 Å². The van der Waals surface area contributed by atoms with Crippen molar-refractivity contribution < 1.29 is 9.47 Å². The van der Waals surface area contributed by atoms with Crippen LogP contribution in [0.1, 0.15) is 28.2 Å². The largest absolute Gasteiger partial charge is 0.493 e. The summed E-state index contributed by atoms with van der Waals surface area (Å²) in [6.45, 7) is 0.491. The van der Waals surface area contributed by atoms with Crippen LogP contribution in [-0.4, -0.2) is 17.1 Å². The molecule has 4 nitrogen and oxygen atoms in total. The number of methoxy groups -OCH3 is 1. The number of aromatic nitrogens is 2. The molecule has 0 aliphatic carbocycles. The Kier molecular flexibility index (Phi) is 5.47. The maximum absolute atomic E-state index is 6.13. The second-order valence-electron chi connectivity index (χ2n) is 8.70. The summed E-state index contributed by atoms with van der Waals surface area (Å²) in [5.74, 6) is 1.47. The highest BCUT2D eigenvalue weighted by Crippen LogP contribution is 2.42. The Labute approximate surface area is 204 Å². The Morgan fingerprint density at radius 2 is 1.26 bits per heavy atom. The highest BCUT2D eigenvalue weighted by molar-refractivity contribution is 5.89. The molecule has 0 fully saturated rings. The van der Waals surface area contributed by atoms with Gasteiger partial charge < -0.3 is 19.4 Å². The first kappa shape index (κ1) is 21.1. The van der Waals surface area contributed by atoms with E-state index in [4.69, 9.17) is 9.47 Å². The van der Waals surface area contributed by atoms with Gasteiger partial charge >= 0.3 is 0 Å². The molecular formula is C31H26N2O2. The number of aromatic amines is 2. The number of hydrogen-bond acceptors (Lipinski definition) is 2. The first-order valence-electron chi connectivity index (χ1n) is 11.8. The lowest BCUT2D eigenvalue weighted by Crippen LogP contribution is -2.04. The fraction of sp³-hybridized carbons (Fsp3) is 0.0968. The summed E-state index contributed by atoms with van der Waals surface area (Å²) in [5, 5.41) is 2.43. The molecule has 0 radical (unpaired) electrons. The maximum Gasteiger partial charge on any atom is 0.161 e. The second-order valence-corrected chi connectivity index (χ2v) is 8.70. The van der Waals surface area contributed by atoms with Crippen molar-refractivity contribution in [2.45, 2.75) is 12.5 Å². The fourth-order valence-electron chi connectivity index (χ4n) is 4.91. The zero-order valence-electron chi connectivity index (χ0n) is 19.5. The third-order valence-corrected chi connectivity index (χ3v) is 6.62. The highest BCUT2D eigenvalue weighted by atomic mass is 16.5. The molecule has 0 unspecified atom stereocenters. The molecule has 0 aliphatic rings. The summed E-state index contributed by atoms with van der Waals surface area (Å²) < 4.78 is 11.9. The molecule has 0 saturated heterocycles. The molecule has 0 aliphatic heterocycles. The molecule has 4 aromatic carbocycles. The number of ether oxygens (including phenoxy) is 2. The van der Waals surface area contributed by atoms with Crippen molar-refractivity contribution in [3.8, 4) is 11.5 Å². The summed E-state index contributed by atoms with van der Waals surface area (Å²) >= 11 is 0. The van der Waals surface area contributed by atoms with Crippen molar-refractivity contribution in [3.63, 3.8) is 0 Å². The minimum absolute atomic E-state index is 0.0133. The van der Waals surface area contributed by atoms with Crippen LogP contribution in [0.2, 0.25) is 0 Å². The molecule has 2 N–H and O–H groups in total. The molecule has 2 aromatic heterocycles. The molecule has 6 aromatic rings. The zero-order valence-corrected chi connectivity index (χ0v) is 19.5. The average molecular weight is 459 g/mol. The Morgan fingerprint density at radius 1 is 0.657 bits per heavy atom. The van der Waals surface area contributed by atoms with E-state index in [1.165, 1.54) is 21.9 Å². The summed E-state index contributed by atoms with van der Waals surface area (Å²) in [6, 6.07) is 33.3. The van der Waals surface area contributed by atoms with E-state index >= 15 is 0 Å². The van der Waals surface area contributed by atoms with Crippen molar-refractivity contribution in [2.75, 3.05) is 7.11 Å². The van der Waals surface area contributed by atoms with Crippen LogP contribution in [0.5, 0.6) is 11.5 Å². The normalized spacial score (nSPS) is 11.4. The molecular weight excluding hydrogens is 432 g/mol. The van der Waals surface area contributed by atoms with Gasteiger partial charge in [0.2, 0.25) is 0 Å². The van der Waals surface area contributed by atoms with Crippen molar-refractivity contribution in [3.05, 3.63) is 132 Å². The van der Waals surface area contributed by atoms with Crippen molar-refractivity contribution in [1.29, 1.82) is 0 Å². The molecule has 0 bridgehead atoms. The average Bonchev–Trinajstić information content (AvgIpc) is 3.54. The number of rotatable bonds is 7. The first-order chi connectivity index (χ1) is 17.3. The smallest absolute Gasteiger partial charge is 0.161 e. The summed E-state index contributed by atoms with van der Waals surface area (Å²) in [4.78, 5) is 6.92. The van der Waals surface area contributed by atoms with Gasteiger partial charge in [0.05, 0.1) is 7.11 Å². The SMILES string of the molecule is COc1cc(C(c2c[nH]c3ccccc23)c2c[nH]c3ccccc23)ccc1OCc1ccccc1. The molecule has 172 valence electrons. The minimum atomic E-state index is 0.0133. The number of H-pyrrole nitrogens is 2. The standard InChI is InChI=1S/C31H26N2O2/c1-34-30-17-22(15-16-29(30)35-20-21-9-3-2-4-10-21)31(25-18-32-27-13-7-5-11-23(25)27)26-19-33-28-14-8-6-12-24(26)28/h2-19,31-33H,20H2,1H3. The molecule has 0 atom stereocenters. The van der Waals surface area contributed by atoms with Gasteiger partial charge in [0, 0.05) is 40.1 Å². The van der Waals surface area contributed by atoms with Crippen LogP contribution in [0, 0.1) is 0 Å². The highest BCUT2D eigenvalue weighted by Gasteiger charge is 2.24. The number of hydrogen-bond donors (Lipinski definition) is 2. The van der Waals surface area contributed by atoms with Gasteiger partial charge in [0.1, 0.15) is 6.61 Å². The van der Waals surface area contributed by atoms with Gasteiger partial charge in [-0.3, -0.25) is 0 Å². The van der Waals surface area contributed by atoms with E-state index < -0.39 is 0 Å². The maximum atomic E-state index is 6.13. The summed E-state index contributed by atoms with van der Waals surface area (Å²) in [5.41, 5.74) is 6.97. The first-order valence-corrected chi connectivity index (χ1v) is 11.8. The lowest BCUT2D eigenvalue weighted by Gasteiger charge is -2.20. The summed E-state index contributed by atoms with van der Waals surface area (Å²) in [7, 11) is 1.70. The Balaban J connectivity index is 1.46. The topological polar surface area (TPSA) is 50.0 Å². The molecule has 6 rings (SSSR count). The molecule has 35 heavy (non-hydrogen) atoms. The van der Waals surface area contributed by atoms with Gasteiger partial charge in [-0.05, 0) is 46.5 Å². The number of para-hydroxylation sites is 2. The number of fused-ring (bicyclic) bond motifs is 2. The monoisotopic (exact) mass is 458 g/mol. The van der Waals surface area contributed by atoms with E-state index in [1.54, 1.807) is 7.11 Å². The Hall–Kier alpha value is -4.44. The lowest BCUT2D eigenvalue weighted by atomic mass is 9.84. The third-order valence-electron chi connectivity index (χ3n) is 6.62. The van der Waals surface area contributed by atoms with E-state index in [0.717, 1.165) is 33.7 Å². The van der Waals surface area contributed by atoms with Gasteiger partial charge in [0.25, 0.3) is 0 Å². The quantitative estimate of drug-likeness (QED) is 0.262. The van der Waals surface area contributed by atoms with E-state index in [-0.39, 0.29) is 5.92 Å². The van der Waals surface area contributed by atoms with Crippen LogP contribution in [0.4, 0.5) is 0 Å². The van der Waals surface area contributed by atoms with E-state index in [1.807, 2.05) is 24.3 Å². The zero-order chi connectivity index (χ0) is 23.6. The molecule has 4 heteroatoms. The van der Waals surface area contributed by atoms with Gasteiger partial charge in [-0.1, -0.05) is 72.8 Å². The molecule has 0 amide bonds. The molecule has 2 heterocycles. The van der Waals surface area contributed by atoms with Crippen molar-refractivity contribution >= 4 is 21.8 Å². The summed E-state index contributed by atoms with van der Waals surface area (Å²) in [6.07, 6.45) is 4.26. The molecule has 0 spiro atoms. The van der Waals surface area contributed by atoms with Gasteiger partial charge in [-0.15, -0.1) is 0 Å². The van der Waals surface area contributed by atoms with E-state index in [2.05, 4.69) is 95.2 Å². The predicted molar refractivity (Wildman–Crippen MR) is 141 cm³/mol. The number of nitrogens with one attached hydrogen (secondary N) is 2. The predicted octanol–water partition coefficient (Wildman–Crippen LogP) is 7.42. The minimum Gasteiger partial charge on any atom is -0.493 e. The fourth-order valence-corrected chi connectivity index (χ4v) is 4.91. The number of benzene rings is 4. The second kappa shape index (κ2) is 9.07. The molecule has 0 saturated carbocycles. The van der Waals surface area contributed by atoms with Crippen LogP contribution in [-0.2, 0) is 6.61 Å². The van der Waals surface area contributed by atoms with Gasteiger partial charge in [-0.25, -0.2) is 0 Å². The van der Waals surface area contributed by atoms with Gasteiger partial charge in [0.15, 0.2) is 11.5 Å². The van der Waals surface area contributed by atoms with Crippen molar-refractivity contribution in [2.24, 2.45) is 0 Å². The van der Waals surface area contributed by atoms with Crippen LogP contribution >= 0.6 is 0 Å². The Bertz CT molecular complexity index is 1520. The van der Waals surface area contributed by atoms with Crippen LogP contribution in [0.25, 0.3) is 21.8 Å². The van der Waals surface area contributed by atoms with Crippen LogP contribution in [0.3, 0.4) is 0 Å². The third kappa shape index (κ3) is 3.93. The van der Waals surface area contributed by atoms with E-state index in [9.17, 15) is 0 Å². The van der Waals surface area contributed by atoms with Gasteiger partial charge in [-0.2, -0.15) is 0 Å².